The minimum absolute atomic E-state index is 1.09. The highest BCUT2D eigenvalue weighted by atomic mass is 15.1. The molecule has 0 aliphatic rings. The number of benzene rings is 14. The lowest BCUT2D eigenvalue weighted by molar-refractivity contribution is 1.29. The first kappa shape index (κ1) is 44.7. The van der Waals surface area contributed by atoms with Crippen molar-refractivity contribution < 1.29 is 0 Å². The van der Waals surface area contributed by atoms with Crippen molar-refractivity contribution in [3.63, 3.8) is 0 Å². The van der Waals surface area contributed by atoms with Crippen LogP contribution in [0.5, 0.6) is 0 Å². The molecule has 76 heavy (non-hydrogen) atoms. The summed E-state index contributed by atoms with van der Waals surface area (Å²) in [4.78, 5) is 4.85. The van der Waals surface area contributed by atoms with Gasteiger partial charge in [-0.15, -0.1) is 0 Å². The van der Waals surface area contributed by atoms with E-state index in [1.807, 2.05) is 0 Å². The SMILES string of the molecule is c1ccc(-c2cc(-c3ccccc3)cc(N(c3ccccc3)c3ccc4c(c3)c3ccccc3c3c5ccc(N(c6ccccc6)c6cc(-c7ccccc7)cc(-c7ccccc7)c6)cc5c5ccccc5c43)c2)cc1. The van der Waals surface area contributed by atoms with Crippen molar-refractivity contribution in [1.29, 1.82) is 0 Å². The fraction of sp³-hybridized carbons (Fsp3) is 0. The molecule has 0 aliphatic heterocycles. The third kappa shape index (κ3) is 8.01. The lowest BCUT2D eigenvalue weighted by atomic mass is 9.87. The number of nitrogens with zero attached hydrogens (tertiary/aromatic N) is 2. The van der Waals surface area contributed by atoms with E-state index < -0.39 is 0 Å². The van der Waals surface area contributed by atoms with Crippen LogP contribution in [0.15, 0.2) is 303 Å². The molecule has 2 heteroatoms. The van der Waals surface area contributed by atoms with Gasteiger partial charge in [-0.25, -0.2) is 0 Å². The Morgan fingerprint density at radius 1 is 0.145 bits per heavy atom. The van der Waals surface area contributed by atoms with E-state index in [0.717, 1.165) is 34.1 Å². The van der Waals surface area contributed by atoms with Crippen LogP contribution in [0, 0.1) is 0 Å². The minimum atomic E-state index is 1.09. The molecule has 0 unspecified atom stereocenters. The van der Waals surface area contributed by atoms with E-state index in [2.05, 4.69) is 313 Å². The van der Waals surface area contributed by atoms with Crippen molar-refractivity contribution in [2.45, 2.75) is 0 Å². The van der Waals surface area contributed by atoms with Crippen LogP contribution in [0.4, 0.5) is 34.1 Å². The second-order valence-corrected chi connectivity index (χ2v) is 19.6. The number of anilines is 6. The predicted molar refractivity (Wildman–Crippen MR) is 325 cm³/mol. The summed E-state index contributed by atoms with van der Waals surface area (Å²) in [5.41, 5.74) is 15.9. The second kappa shape index (κ2) is 19.1. The lowest BCUT2D eigenvalue weighted by Crippen LogP contribution is -2.10. The summed E-state index contributed by atoms with van der Waals surface area (Å²) in [6, 6.07) is 111. The van der Waals surface area contributed by atoms with Gasteiger partial charge in [-0.05, 0) is 183 Å². The Labute approximate surface area is 443 Å². The third-order valence-electron chi connectivity index (χ3n) is 15.1. The zero-order chi connectivity index (χ0) is 50.4. The summed E-state index contributed by atoms with van der Waals surface area (Å²) in [5.74, 6) is 0. The first-order chi connectivity index (χ1) is 37.7. The van der Waals surface area contributed by atoms with Gasteiger partial charge in [-0.1, -0.05) is 218 Å². The van der Waals surface area contributed by atoms with E-state index in [1.165, 1.54) is 98.4 Å². The summed E-state index contributed by atoms with van der Waals surface area (Å²) < 4.78 is 0. The fourth-order valence-electron chi connectivity index (χ4n) is 11.6. The molecule has 2 nitrogen and oxygen atoms in total. The molecule has 14 aromatic carbocycles. The van der Waals surface area contributed by atoms with Crippen molar-refractivity contribution in [2.24, 2.45) is 0 Å². The maximum Gasteiger partial charge on any atom is 0.0473 e. The van der Waals surface area contributed by atoms with Crippen molar-refractivity contribution in [3.05, 3.63) is 303 Å². The minimum Gasteiger partial charge on any atom is -0.310 e. The van der Waals surface area contributed by atoms with Crippen molar-refractivity contribution in [2.75, 3.05) is 9.80 Å². The molecular formula is C74H50N2. The molecule has 0 atom stereocenters. The van der Waals surface area contributed by atoms with Crippen LogP contribution in [0.3, 0.4) is 0 Å². The van der Waals surface area contributed by atoms with Crippen LogP contribution in [0.25, 0.3) is 98.4 Å². The number of rotatable bonds is 10. The van der Waals surface area contributed by atoms with Gasteiger partial charge in [0.2, 0.25) is 0 Å². The largest absolute Gasteiger partial charge is 0.310 e. The van der Waals surface area contributed by atoms with Gasteiger partial charge in [0, 0.05) is 34.1 Å². The summed E-state index contributed by atoms with van der Waals surface area (Å²) in [7, 11) is 0. The van der Waals surface area contributed by atoms with Crippen LogP contribution < -0.4 is 9.80 Å². The summed E-state index contributed by atoms with van der Waals surface area (Å²) in [6.07, 6.45) is 0. The molecule has 0 N–H and O–H groups in total. The number of para-hydroxylation sites is 2. The molecule has 14 rings (SSSR count). The zero-order valence-corrected chi connectivity index (χ0v) is 41.8. The normalized spacial score (nSPS) is 11.4. The van der Waals surface area contributed by atoms with Gasteiger partial charge in [0.1, 0.15) is 0 Å². The highest BCUT2D eigenvalue weighted by Gasteiger charge is 2.22. The van der Waals surface area contributed by atoms with Gasteiger partial charge in [0.05, 0.1) is 0 Å². The molecule has 0 aromatic heterocycles. The van der Waals surface area contributed by atoms with Crippen LogP contribution in [0.1, 0.15) is 0 Å². The van der Waals surface area contributed by atoms with Gasteiger partial charge in [0.15, 0.2) is 0 Å². The molecule has 0 saturated heterocycles. The molecule has 0 fully saturated rings. The topological polar surface area (TPSA) is 6.48 Å². The molecule has 356 valence electrons. The molecule has 0 radical (unpaired) electrons. The first-order valence-electron chi connectivity index (χ1n) is 26.2. The van der Waals surface area contributed by atoms with Crippen molar-refractivity contribution in [1.82, 2.24) is 0 Å². The highest BCUT2D eigenvalue weighted by Crippen LogP contribution is 2.49. The van der Waals surface area contributed by atoms with Crippen molar-refractivity contribution in [3.8, 4) is 44.5 Å². The Morgan fingerprint density at radius 3 is 0.724 bits per heavy atom. The van der Waals surface area contributed by atoms with Gasteiger partial charge in [-0.2, -0.15) is 0 Å². The monoisotopic (exact) mass is 966 g/mol. The quantitative estimate of drug-likeness (QED) is 0.126. The highest BCUT2D eigenvalue weighted by molar-refractivity contribution is 6.39. The molecule has 0 amide bonds. The van der Waals surface area contributed by atoms with Gasteiger partial charge in [-0.3, -0.25) is 0 Å². The molecular weight excluding hydrogens is 917 g/mol. The molecule has 0 aliphatic carbocycles. The Bertz CT molecular complexity index is 4020. The van der Waals surface area contributed by atoms with E-state index in [1.54, 1.807) is 0 Å². The van der Waals surface area contributed by atoms with Gasteiger partial charge in [0.25, 0.3) is 0 Å². The number of hydrogen-bond acceptors (Lipinski definition) is 2. The Balaban J connectivity index is 0.992. The molecule has 0 heterocycles. The van der Waals surface area contributed by atoms with Gasteiger partial charge >= 0.3 is 0 Å². The van der Waals surface area contributed by atoms with Crippen LogP contribution in [-0.2, 0) is 0 Å². The first-order valence-corrected chi connectivity index (χ1v) is 26.2. The zero-order valence-electron chi connectivity index (χ0n) is 41.8. The summed E-state index contributed by atoms with van der Waals surface area (Å²) >= 11 is 0. The number of fused-ring (bicyclic) bond motifs is 11. The second-order valence-electron chi connectivity index (χ2n) is 19.6. The molecule has 0 bridgehead atoms. The molecule has 0 spiro atoms. The Kier molecular flexibility index (Phi) is 11.2. The molecule has 0 saturated carbocycles. The van der Waals surface area contributed by atoms with E-state index >= 15 is 0 Å². The average molecular weight is 967 g/mol. The van der Waals surface area contributed by atoms with Crippen molar-refractivity contribution >= 4 is 88.0 Å². The van der Waals surface area contributed by atoms with Crippen LogP contribution >= 0.6 is 0 Å². The standard InChI is InChI=1S/C74H50N2/c1-7-23-51(24-8-1)55-43-56(52-25-9-2-10-26-52)46-63(45-55)75(59-31-15-5-16-32-59)61-39-41-69-71(49-61)65-35-19-21-37-67(65)74-70-42-40-62(50-72(70)66-36-20-22-38-68(66)73(69)74)76(60-33-17-6-18-34-60)64-47-57(53-27-11-3-12-28-53)44-58(48-64)54-29-13-4-14-30-54/h1-50H. The predicted octanol–water partition coefficient (Wildman–Crippen LogP) is 21.1. The van der Waals surface area contributed by atoms with Crippen LogP contribution in [-0.4, -0.2) is 0 Å². The van der Waals surface area contributed by atoms with E-state index in [-0.39, 0.29) is 0 Å². The maximum atomic E-state index is 2.43. The van der Waals surface area contributed by atoms with Crippen LogP contribution in [0.2, 0.25) is 0 Å². The summed E-state index contributed by atoms with van der Waals surface area (Å²) in [6.45, 7) is 0. The Morgan fingerprint density at radius 2 is 0.408 bits per heavy atom. The summed E-state index contributed by atoms with van der Waals surface area (Å²) in [5, 5.41) is 12.3. The number of hydrogen-bond donors (Lipinski definition) is 0. The lowest BCUT2D eigenvalue weighted by Gasteiger charge is -2.28. The van der Waals surface area contributed by atoms with E-state index in [4.69, 9.17) is 0 Å². The fourth-order valence-corrected chi connectivity index (χ4v) is 11.6. The average Bonchev–Trinajstić information content (AvgIpc) is 3.52. The van der Waals surface area contributed by atoms with E-state index in [0.29, 0.717) is 0 Å². The maximum absolute atomic E-state index is 2.43. The third-order valence-corrected chi connectivity index (χ3v) is 15.1. The molecule has 14 aromatic rings. The van der Waals surface area contributed by atoms with Gasteiger partial charge < -0.3 is 9.80 Å². The van der Waals surface area contributed by atoms with E-state index in [9.17, 15) is 0 Å². The smallest absolute Gasteiger partial charge is 0.0473 e. The Hall–Kier alpha value is -10.0.